The number of piperidine rings is 1. The maximum Gasteiger partial charge on any atom is 0.222 e. The zero-order valence-corrected chi connectivity index (χ0v) is 11.0. The molecule has 0 aromatic heterocycles. The number of guanidine groups is 1. The molecule has 0 aromatic carbocycles. The smallest absolute Gasteiger partial charge is 0.222 e. The summed E-state index contributed by atoms with van der Waals surface area (Å²) in [6, 6.07) is 0.335. The molecule has 1 saturated heterocycles. The van der Waals surface area contributed by atoms with E-state index in [0.717, 1.165) is 19.4 Å². The van der Waals surface area contributed by atoms with Crippen LogP contribution in [0.25, 0.3) is 0 Å². The molecule has 0 radical (unpaired) electrons. The van der Waals surface area contributed by atoms with Crippen molar-refractivity contribution in [2.24, 2.45) is 28.3 Å². The first-order valence-electron chi connectivity index (χ1n) is 6.27. The number of hydrogen-bond acceptors (Lipinski definition) is 2. The van der Waals surface area contributed by atoms with E-state index in [4.69, 9.17) is 11.5 Å². The van der Waals surface area contributed by atoms with E-state index in [1.54, 1.807) is 0 Å². The van der Waals surface area contributed by atoms with Gasteiger partial charge in [0.05, 0.1) is 5.92 Å². The Kier molecular flexibility index (Phi) is 4.78. The van der Waals surface area contributed by atoms with Crippen molar-refractivity contribution in [1.29, 1.82) is 0 Å². The summed E-state index contributed by atoms with van der Waals surface area (Å²) in [5, 5.41) is 0. The van der Waals surface area contributed by atoms with Gasteiger partial charge in [0, 0.05) is 19.1 Å². The number of likely N-dealkylation sites (tertiary alicyclic amines) is 1. The number of primary amides is 1. The molecule has 1 aliphatic heterocycles. The number of nitrogens with two attached hydrogens (primary N) is 2. The van der Waals surface area contributed by atoms with E-state index in [1.165, 1.54) is 0 Å². The molecule has 0 saturated carbocycles. The predicted molar refractivity (Wildman–Crippen MR) is 69.4 cm³/mol. The van der Waals surface area contributed by atoms with Gasteiger partial charge < -0.3 is 16.4 Å². The highest BCUT2D eigenvalue weighted by Gasteiger charge is 2.29. The lowest BCUT2D eigenvalue weighted by Gasteiger charge is -2.37. The van der Waals surface area contributed by atoms with Gasteiger partial charge in [0.1, 0.15) is 0 Å². The second-order valence-corrected chi connectivity index (χ2v) is 5.27. The van der Waals surface area contributed by atoms with Crippen molar-refractivity contribution >= 4 is 11.9 Å². The van der Waals surface area contributed by atoms with E-state index >= 15 is 0 Å². The Balaban J connectivity index is 2.66. The van der Waals surface area contributed by atoms with Crippen molar-refractivity contribution in [3.63, 3.8) is 0 Å². The van der Waals surface area contributed by atoms with Crippen LogP contribution in [0.5, 0.6) is 0 Å². The Morgan fingerprint density at radius 3 is 2.59 bits per heavy atom. The molecule has 2 atom stereocenters. The van der Waals surface area contributed by atoms with Crippen LogP contribution in [0.1, 0.15) is 33.6 Å². The molecule has 0 spiro atoms. The Morgan fingerprint density at radius 1 is 1.41 bits per heavy atom. The third-order valence-electron chi connectivity index (χ3n) is 3.20. The number of amides is 1. The van der Waals surface area contributed by atoms with Gasteiger partial charge in [-0.15, -0.1) is 0 Å². The van der Waals surface area contributed by atoms with Crippen molar-refractivity contribution in [2.75, 3.05) is 13.1 Å². The molecule has 5 nitrogen and oxygen atoms in total. The lowest BCUT2D eigenvalue weighted by atomic mass is 9.93. The highest BCUT2D eigenvalue weighted by atomic mass is 16.1. The molecule has 1 rings (SSSR count). The number of carbonyl (C=O) groups is 1. The molecule has 17 heavy (non-hydrogen) atoms. The molecule has 1 fully saturated rings. The van der Waals surface area contributed by atoms with E-state index in [1.807, 2.05) is 4.90 Å². The minimum atomic E-state index is -0.237. The molecule has 4 N–H and O–H groups in total. The SMILES string of the molecule is CC(C)CN=C(N)N1CC(C(N)=O)CCC1C. The van der Waals surface area contributed by atoms with Crippen LogP contribution in [0.2, 0.25) is 0 Å². The molecule has 1 amide bonds. The Bertz CT molecular complexity index is 301. The van der Waals surface area contributed by atoms with Crippen molar-refractivity contribution in [3.05, 3.63) is 0 Å². The summed E-state index contributed by atoms with van der Waals surface area (Å²) >= 11 is 0. The Hall–Kier alpha value is -1.26. The summed E-state index contributed by atoms with van der Waals surface area (Å²) in [5.41, 5.74) is 11.3. The summed E-state index contributed by atoms with van der Waals surface area (Å²) in [5.74, 6) is 0.690. The third kappa shape index (κ3) is 3.91. The summed E-state index contributed by atoms with van der Waals surface area (Å²) < 4.78 is 0. The van der Waals surface area contributed by atoms with E-state index < -0.39 is 0 Å². The molecule has 0 aromatic rings. The maximum absolute atomic E-state index is 11.2. The molecule has 1 aliphatic rings. The van der Waals surface area contributed by atoms with Crippen LogP contribution in [0, 0.1) is 11.8 Å². The fraction of sp³-hybridized carbons (Fsp3) is 0.833. The third-order valence-corrected chi connectivity index (χ3v) is 3.20. The van der Waals surface area contributed by atoms with Gasteiger partial charge in [-0.2, -0.15) is 0 Å². The molecular weight excluding hydrogens is 216 g/mol. The molecule has 1 heterocycles. The Morgan fingerprint density at radius 2 is 2.06 bits per heavy atom. The van der Waals surface area contributed by atoms with Crippen molar-refractivity contribution in [3.8, 4) is 0 Å². The van der Waals surface area contributed by atoms with Gasteiger partial charge in [-0.05, 0) is 25.7 Å². The first-order chi connectivity index (χ1) is 7.91. The number of carbonyl (C=O) groups excluding carboxylic acids is 1. The number of nitrogens with zero attached hydrogens (tertiary/aromatic N) is 2. The fourth-order valence-corrected chi connectivity index (χ4v) is 2.03. The molecule has 0 aliphatic carbocycles. The first-order valence-corrected chi connectivity index (χ1v) is 6.27. The zero-order chi connectivity index (χ0) is 13.0. The normalized spacial score (nSPS) is 26.4. The second-order valence-electron chi connectivity index (χ2n) is 5.27. The van der Waals surface area contributed by atoms with Gasteiger partial charge in [0.2, 0.25) is 5.91 Å². The van der Waals surface area contributed by atoms with Crippen LogP contribution in [0.3, 0.4) is 0 Å². The molecule has 5 heteroatoms. The molecule has 2 unspecified atom stereocenters. The largest absolute Gasteiger partial charge is 0.370 e. The number of aliphatic imine (C=N–C) groups is 1. The molecular formula is C12H24N4O. The van der Waals surface area contributed by atoms with Gasteiger partial charge in [-0.3, -0.25) is 9.79 Å². The van der Waals surface area contributed by atoms with Crippen LogP contribution in [-0.4, -0.2) is 35.9 Å². The average Bonchev–Trinajstić information content (AvgIpc) is 2.26. The van der Waals surface area contributed by atoms with E-state index in [0.29, 0.717) is 24.5 Å². The monoisotopic (exact) mass is 240 g/mol. The van der Waals surface area contributed by atoms with Gasteiger partial charge in [-0.1, -0.05) is 13.8 Å². The average molecular weight is 240 g/mol. The maximum atomic E-state index is 11.2. The number of hydrogen-bond donors (Lipinski definition) is 2. The zero-order valence-electron chi connectivity index (χ0n) is 11.0. The number of rotatable bonds is 3. The van der Waals surface area contributed by atoms with Gasteiger partial charge in [0.25, 0.3) is 0 Å². The fourth-order valence-electron chi connectivity index (χ4n) is 2.03. The highest BCUT2D eigenvalue weighted by molar-refractivity contribution is 5.81. The van der Waals surface area contributed by atoms with Gasteiger partial charge >= 0.3 is 0 Å². The van der Waals surface area contributed by atoms with Crippen LogP contribution in [0.4, 0.5) is 0 Å². The van der Waals surface area contributed by atoms with Crippen molar-refractivity contribution in [2.45, 2.75) is 39.7 Å². The van der Waals surface area contributed by atoms with Gasteiger partial charge in [-0.25, -0.2) is 0 Å². The molecule has 0 bridgehead atoms. The summed E-state index contributed by atoms with van der Waals surface area (Å²) in [6.07, 6.45) is 1.79. The van der Waals surface area contributed by atoms with Crippen LogP contribution < -0.4 is 11.5 Å². The van der Waals surface area contributed by atoms with E-state index in [2.05, 4.69) is 25.8 Å². The quantitative estimate of drug-likeness (QED) is 0.558. The lowest BCUT2D eigenvalue weighted by molar-refractivity contribution is -0.123. The molecule has 98 valence electrons. The van der Waals surface area contributed by atoms with Crippen LogP contribution >= 0.6 is 0 Å². The minimum absolute atomic E-state index is 0.0981. The summed E-state index contributed by atoms with van der Waals surface area (Å²) in [7, 11) is 0. The first kappa shape index (κ1) is 13.8. The van der Waals surface area contributed by atoms with E-state index in [9.17, 15) is 4.79 Å². The highest BCUT2D eigenvalue weighted by Crippen LogP contribution is 2.21. The van der Waals surface area contributed by atoms with E-state index in [-0.39, 0.29) is 11.8 Å². The van der Waals surface area contributed by atoms with Gasteiger partial charge in [0.15, 0.2) is 5.96 Å². The van der Waals surface area contributed by atoms with Crippen LogP contribution in [-0.2, 0) is 4.79 Å². The summed E-state index contributed by atoms with van der Waals surface area (Å²) in [4.78, 5) is 17.6. The van der Waals surface area contributed by atoms with Crippen molar-refractivity contribution < 1.29 is 4.79 Å². The minimum Gasteiger partial charge on any atom is -0.370 e. The second kappa shape index (κ2) is 5.89. The lowest BCUT2D eigenvalue weighted by Crippen LogP contribution is -2.51. The standard InChI is InChI=1S/C12H24N4O/c1-8(2)6-15-12(14)16-7-10(11(13)17)5-4-9(16)3/h8-10H,4-7H2,1-3H3,(H2,13,17)(H2,14,15). The van der Waals surface area contributed by atoms with Crippen molar-refractivity contribution in [1.82, 2.24) is 4.90 Å². The van der Waals surface area contributed by atoms with Crippen LogP contribution in [0.15, 0.2) is 4.99 Å². The predicted octanol–water partition coefficient (Wildman–Crippen LogP) is 0.543. The topological polar surface area (TPSA) is 84.7 Å². The Labute approximate surface area is 103 Å². The summed E-state index contributed by atoms with van der Waals surface area (Å²) in [6.45, 7) is 7.63.